The Labute approximate surface area is 170 Å². The number of rotatable bonds is 6. The Morgan fingerprint density at radius 1 is 1.07 bits per heavy atom. The summed E-state index contributed by atoms with van der Waals surface area (Å²) in [6.07, 6.45) is 5.47. The number of halogens is 1. The predicted octanol–water partition coefficient (Wildman–Crippen LogP) is 4.89. The molecule has 1 saturated heterocycles. The van der Waals surface area contributed by atoms with Gasteiger partial charge in [-0.3, -0.25) is 4.79 Å². The van der Waals surface area contributed by atoms with E-state index in [4.69, 9.17) is 4.42 Å². The largest absolute Gasteiger partial charge is 0.441 e. The Hall–Kier alpha value is -2.95. The maximum absolute atomic E-state index is 13.9. The van der Waals surface area contributed by atoms with Gasteiger partial charge in [-0.15, -0.1) is 0 Å². The van der Waals surface area contributed by atoms with Gasteiger partial charge in [0.15, 0.2) is 11.7 Å². The number of piperidine rings is 1. The molecule has 0 unspecified atom stereocenters. The zero-order chi connectivity index (χ0) is 20.1. The van der Waals surface area contributed by atoms with Gasteiger partial charge in [0.2, 0.25) is 5.91 Å². The molecule has 2 heterocycles. The number of oxazole rings is 1. The Balaban J connectivity index is 1.25. The standard InChI is InChI=1S/C24H25FN2O2/c25-21-9-5-4-8-20(21)22-17-26-23(29-22)10-11-24(28)27-14-12-19(13-15-27)16-18-6-2-1-3-7-18/h1-9,17,19H,10-16H2. The molecule has 0 spiro atoms. The molecule has 5 heteroatoms. The summed E-state index contributed by atoms with van der Waals surface area (Å²) >= 11 is 0. The number of amides is 1. The van der Waals surface area contributed by atoms with Crippen LogP contribution in [0.4, 0.5) is 4.39 Å². The van der Waals surface area contributed by atoms with Crippen LogP contribution in [0.1, 0.15) is 30.7 Å². The van der Waals surface area contributed by atoms with Crippen molar-refractivity contribution in [2.75, 3.05) is 13.1 Å². The zero-order valence-corrected chi connectivity index (χ0v) is 16.4. The average molecular weight is 392 g/mol. The normalized spacial score (nSPS) is 14.9. The summed E-state index contributed by atoms with van der Waals surface area (Å²) < 4.78 is 19.5. The fraction of sp³-hybridized carbons (Fsp3) is 0.333. The maximum Gasteiger partial charge on any atom is 0.223 e. The fourth-order valence-electron chi connectivity index (χ4n) is 3.92. The highest BCUT2D eigenvalue weighted by molar-refractivity contribution is 5.76. The minimum Gasteiger partial charge on any atom is -0.441 e. The van der Waals surface area contributed by atoms with E-state index in [1.54, 1.807) is 18.2 Å². The molecule has 0 saturated carbocycles. The van der Waals surface area contributed by atoms with E-state index in [2.05, 4.69) is 29.2 Å². The number of hydrogen-bond acceptors (Lipinski definition) is 3. The molecule has 0 atom stereocenters. The average Bonchev–Trinajstić information content (AvgIpc) is 3.22. The Bertz CT molecular complexity index is 946. The van der Waals surface area contributed by atoms with Crippen molar-refractivity contribution in [1.82, 2.24) is 9.88 Å². The summed E-state index contributed by atoms with van der Waals surface area (Å²) in [5, 5.41) is 0. The smallest absolute Gasteiger partial charge is 0.223 e. The topological polar surface area (TPSA) is 46.3 Å². The van der Waals surface area contributed by atoms with Gasteiger partial charge in [-0.1, -0.05) is 42.5 Å². The van der Waals surface area contributed by atoms with Crippen molar-refractivity contribution in [2.45, 2.75) is 32.1 Å². The van der Waals surface area contributed by atoms with E-state index in [0.29, 0.717) is 36.0 Å². The summed E-state index contributed by atoms with van der Waals surface area (Å²) in [5.74, 6) is 1.29. The van der Waals surface area contributed by atoms with Crippen molar-refractivity contribution in [1.29, 1.82) is 0 Å². The van der Waals surface area contributed by atoms with Gasteiger partial charge < -0.3 is 9.32 Å². The van der Waals surface area contributed by atoms with Crippen LogP contribution in [0.25, 0.3) is 11.3 Å². The van der Waals surface area contributed by atoms with Crippen LogP contribution in [-0.2, 0) is 17.6 Å². The molecule has 150 valence electrons. The molecule has 1 aromatic heterocycles. The second kappa shape index (κ2) is 9.03. The Kier molecular flexibility index (Phi) is 6.03. The zero-order valence-electron chi connectivity index (χ0n) is 16.4. The van der Waals surface area contributed by atoms with Crippen LogP contribution in [0, 0.1) is 11.7 Å². The molecule has 4 rings (SSSR count). The maximum atomic E-state index is 13.9. The summed E-state index contributed by atoms with van der Waals surface area (Å²) in [7, 11) is 0. The molecule has 1 fully saturated rings. The van der Waals surface area contributed by atoms with E-state index in [1.807, 2.05) is 11.0 Å². The highest BCUT2D eigenvalue weighted by atomic mass is 19.1. The third-order valence-corrected chi connectivity index (χ3v) is 5.58. The van der Waals surface area contributed by atoms with E-state index in [9.17, 15) is 9.18 Å². The van der Waals surface area contributed by atoms with Crippen molar-refractivity contribution in [3.8, 4) is 11.3 Å². The van der Waals surface area contributed by atoms with Crippen molar-refractivity contribution in [3.63, 3.8) is 0 Å². The highest BCUT2D eigenvalue weighted by Gasteiger charge is 2.23. The minimum atomic E-state index is -0.343. The van der Waals surface area contributed by atoms with Gasteiger partial charge in [0.1, 0.15) is 5.82 Å². The molecule has 1 aliphatic rings. The molecule has 29 heavy (non-hydrogen) atoms. The number of nitrogens with zero attached hydrogens (tertiary/aromatic N) is 2. The van der Waals surface area contributed by atoms with Crippen LogP contribution >= 0.6 is 0 Å². The van der Waals surface area contributed by atoms with Gasteiger partial charge in [0, 0.05) is 25.9 Å². The van der Waals surface area contributed by atoms with Crippen molar-refractivity contribution < 1.29 is 13.6 Å². The number of aryl methyl sites for hydroxylation is 1. The number of carbonyl (C=O) groups excluding carboxylic acids is 1. The SMILES string of the molecule is O=C(CCc1ncc(-c2ccccc2F)o1)N1CCC(Cc2ccccc2)CC1. The fourth-order valence-corrected chi connectivity index (χ4v) is 3.92. The molecule has 0 bridgehead atoms. The lowest BCUT2D eigenvalue weighted by Gasteiger charge is -2.32. The number of aromatic nitrogens is 1. The molecule has 2 aromatic carbocycles. The van der Waals surface area contributed by atoms with Gasteiger partial charge in [-0.05, 0) is 42.9 Å². The molecule has 0 N–H and O–H groups in total. The van der Waals surface area contributed by atoms with Crippen LogP contribution in [0.2, 0.25) is 0 Å². The second-order valence-electron chi connectivity index (χ2n) is 7.61. The van der Waals surface area contributed by atoms with Gasteiger partial charge in [-0.25, -0.2) is 9.37 Å². The van der Waals surface area contributed by atoms with E-state index < -0.39 is 0 Å². The van der Waals surface area contributed by atoms with Crippen LogP contribution in [0.5, 0.6) is 0 Å². The van der Waals surface area contributed by atoms with Crippen LogP contribution in [-0.4, -0.2) is 28.9 Å². The van der Waals surface area contributed by atoms with E-state index >= 15 is 0 Å². The first-order chi connectivity index (χ1) is 14.2. The lowest BCUT2D eigenvalue weighted by molar-refractivity contribution is -0.132. The molecular weight excluding hydrogens is 367 g/mol. The molecule has 3 aromatic rings. The highest BCUT2D eigenvalue weighted by Crippen LogP contribution is 2.25. The van der Waals surface area contributed by atoms with Crippen molar-refractivity contribution in [2.24, 2.45) is 5.92 Å². The van der Waals surface area contributed by atoms with Crippen molar-refractivity contribution >= 4 is 5.91 Å². The van der Waals surface area contributed by atoms with Crippen LogP contribution < -0.4 is 0 Å². The first-order valence-electron chi connectivity index (χ1n) is 10.2. The van der Waals surface area contributed by atoms with E-state index in [0.717, 1.165) is 32.4 Å². The monoisotopic (exact) mass is 392 g/mol. The van der Waals surface area contributed by atoms with Gasteiger partial charge in [0.25, 0.3) is 0 Å². The molecule has 4 nitrogen and oxygen atoms in total. The Morgan fingerprint density at radius 2 is 1.79 bits per heavy atom. The first-order valence-corrected chi connectivity index (χ1v) is 10.2. The first kappa shape index (κ1) is 19.4. The number of benzene rings is 2. The van der Waals surface area contributed by atoms with Gasteiger partial charge in [0.05, 0.1) is 11.8 Å². The lowest BCUT2D eigenvalue weighted by atomic mass is 9.90. The van der Waals surface area contributed by atoms with Crippen LogP contribution in [0.15, 0.2) is 65.2 Å². The molecular formula is C24H25FN2O2. The van der Waals surface area contributed by atoms with Gasteiger partial charge in [-0.2, -0.15) is 0 Å². The number of hydrogen-bond donors (Lipinski definition) is 0. The summed E-state index contributed by atoms with van der Waals surface area (Å²) in [5.41, 5.74) is 1.75. The summed E-state index contributed by atoms with van der Waals surface area (Å²) in [6, 6.07) is 17.0. The van der Waals surface area contributed by atoms with Crippen molar-refractivity contribution in [3.05, 3.63) is 78.1 Å². The number of likely N-dealkylation sites (tertiary alicyclic amines) is 1. The summed E-state index contributed by atoms with van der Waals surface area (Å²) in [4.78, 5) is 18.7. The van der Waals surface area contributed by atoms with E-state index in [1.165, 1.54) is 17.8 Å². The van der Waals surface area contributed by atoms with Gasteiger partial charge >= 0.3 is 0 Å². The minimum absolute atomic E-state index is 0.133. The third-order valence-electron chi connectivity index (χ3n) is 5.58. The predicted molar refractivity (Wildman–Crippen MR) is 110 cm³/mol. The molecule has 1 aliphatic heterocycles. The third kappa shape index (κ3) is 4.91. The lowest BCUT2D eigenvalue weighted by Crippen LogP contribution is -2.39. The van der Waals surface area contributed by atoms with Crippen LogP contribution in [0.3, 0.4) is 0 Å². The Morgan fingerprint density at radius 3 is 2.55 bits per heavy atom. The van der Waals surface area contributed by atoms with E-state index in [-0.39, 0.29) is 11.7 Å². The molecule has 1 amide bonds. The molecule has 0 aliphatic carbocycles. The number of carbonyl (C=O) groups is 1. The molecule has 0 radical (unpaired) electrons. The summed E-state index contributed by atoms with van der Waals surface area (Å²) in [6.45, 7) is 1.62. The second-order valence-corrected chi connectivity index (χ2v) is 7.61. The quantitative estimate of drug-likeness (QED) is 0.600.